The van der Waals surface area contributed by atoms with Crippen molar-refractivity contribution in [2.24, 2.45) is 0 Å². The zero-order valence-corrected chi connectivity index (χ0v) is 13.2. The molecule has 1 fully saturated rings. The molecule has 112 valence electrons. The lowest BCUT2D eigenvalue weighted by molar-refractivity contribution is -0.118. The van der Waals surface area contributed by atoms with Crippen LogP contribution in [0.25, 0.3) is 0 Å². The monoisotopic (exact) mass is 297 g/mol. The van der Waals surface area contributed by atoms with Gasteiger partial charge in [0.15, 0.2) is 0 Å². The van der Waals surface area contributed by atoms with E-state index in [2.05, 4.69) is 5.32 Å². The van der Waals surface area contributed by atoms with Crippen molar-refractivity contribution in [2.45, 2.75) is 39.2 Å². The lowest BCUT2D eigenvalue weighted by Crippen LogP contribution is -2.34. The zero-order valence-electron chi connectivity index (χ0n) is 12.5. The summed E-state index contributed by atoms with van der Waals surface area (Å²) in [7, 11) is 0. The van der Waals surface area contributed by atoms with Crippen molar-refractivity contribution in [1.29, 1.82) is 0 Å². The number of carbonyl (C=O) groups is 1. The van der Waals surface area contributed by atoms with Crippen molar-refractivity contribution >= 4 is 17.4 Å². The first-order valence-electron chi connectivity index (χ1n) is 7.24. The molecule has 0 saturated carbocycles. The van der Waals surface area contributed by atoms with Gasteiger partial charge in [-0.3, -0.25) is 4.79 Å². The largest absolute Gasteiger partial charge is 0.380 e. The number of Topliss-reactive ketones (excluding diaryl/α,β-unsaturated/α-hetero) is 1. The van der Waals surface area contributed by atoms with Gasteiger partial charge in [-0.25, -0.2) is 0 Å². The van der Waals surface area contributed by atoms with Crippen LogP contribution >= 0.6 is 11.6 Å². The molecule has 0 amide bonds. The number of ketones is 1. The molecule has 1 heterocycles. The predicted molar refractivity (Wildman–Crippen MR) is 83.4 cm³/mol. The highest BCUT2D eigenvalue weighted by Crippen LogP contribution is 2.19. The van der Waals surface area contributed by atoms with E-state index in [0.717, 1.165) is 25.2 Å². The van der Waals surface area contributed by atoms with E-state index in [1.54, 1.807) is 6.92 Å². The second kappa shape index (κ2) is 9.11. The van der Waals surface area contributed by atoms with Gasteiger partial charge in [-0.15, -0.1) is 0 Å². The standard InChI is InChI=1S/C14H18ClNO2.C2H6/c1-10(17)14(8-16-13-6-7-18-9-13)11-2-4-12(15)5-3-11;1-2/h2-5,13-14,16H,6-9H2,1H3;1-2H3. The number of rotatable bonds is 5. The van der Waals surface area contributed by atoms with Gasteiger partial charge in [-0.05, 0) is 31.0 Å². The number of ether oxygens (including phenoxy) is 1. The Hall–Kier alpha value is -0.900. The van der Waals surface area contributed by atoms with Gasteiger partial charge >= 0.3 is 0 Å². The fraction of sp³-hybridized carbons (Fsp3) is 0.562. The molecule has 2 atom stereocenters. The fourth-order valence-corrected chi connectivity index (χ4v) is 2.30. The maximum atomic E-state index is 11.7. The van der Waals surface area contributed by atoms with Crippen molar-refractivity contribution in [1.82, 2.24) is 5.32 Å². The molecule has 1 aromatic carbocycles. The fourth-order valence-electron chi connectivity index (χ4n) is 2.17. The van der Waals surface area contributed by atoms with E-state index in [1.807, 2.05) is 38.1 Å². The minimum atomic E-state index is -0.108. The van der Waals surface area contributed by atoms with Crippen LogP contribution in [0.1, 0.15) is 38.7 Å². The van der Waals surface area contributed by atoms with Crippen LogP contribution in [-0.2, 0) is 9.53 Å². The average Bonchev–Trinajstić information content (AvgIpc) is 2.96. The van der Waals surface area contributed by atoms with E-state index >= 15 is 0 Å². The molecule has 1 aliphatic heterocycles. The van der Waals surface area contributed by atoms with Crippen molar-refractivity contribution in [3.8, 4) is 0 Å². The van der Waals surface area contributed by atoms with Crippen molar-refractivity contribution in [2.75, 3.05) is 19.8 Å². The van der Waals surface area contributed by atoms with Gasteiger partial charge in [0, 0.05) is 24.2 Å². The van der Waals surface area contributed by atoms with Crippen LogP contribution < -0.4 is 5.32 Å². The van der Waals surface area contributed by atoms with Crippen LogP contribution in [0.4, 0.5) is 0 Å². The molecule has 20 heavy (non-hydrogen) atoms. The molecule has 0 bridgehead atoms. The van der Waals surface area contributed by atoms with E-state index < -0.39 is 0 Å². The molecule has 1 N–H and O–H groups in total. The molecule has 0 aromatic heterocycles. The highest BCUT2D eigenvalue weighted by Gasteiger charge is 2.20. The number of carbonyl (C=O) groups excluding carboxylic acids is 1. The number of nitrogens with one attached hydrogen (secondary N) is 1. The van der Waals surface area contributed by atoms with Gasteiger partial charge in [0.1, 0.15) is 5.78 Å². The second-order valence-electron chi connectivity index (χ2n) is 4.68. The van der Waals surface area contributed by atoms with Crippen LogP contribution in [-0.4, -0.2) is 31.6 Å². The Kier molecular flexibility index (Phi) is 7.82. The minimum Gasteiger partial charge on any atom is -0.380 e. The molecule has 2 unspecified atom stereocenters. The van der Waals surface area contributed by atoms with Gasteiger partial charge in [0.25, 0.3) is 0 Å². The summed E-state index contributed by atoms with van der Waals surface area (Å²) in [5.41, 5.74) is 1.01. The summed E-state index contributed by atoms with van der Waals surface area (Å²) in [6.07, 6.45) is 1.02. The molecule has 2 rings (SSSR count). The SMILES string of the molecule is CC.CC(=O)C(CNC1CCOC1)c1ccc(Cl)cc1. The molecule has 4 heteroatoms. The summed E-state index contributed by atoms with van der Waals surface area (Å²) in [6.45, 7) is 7.84. The first-order valence-corrected chi connectivity index (χ1v) is 7.61. The average molecular weight is 298 g/mol. The maximum absolute atomic E-state index is 11.7. The maximum Gasteiger partial charge on any atom is 0.138 e. The molecule has 1 aromatic rings. The van der Waals surface area contributed by atoms with Crippen molar-refractivity contribution in [3.63, 3.8) is 0 Å². The molecular weight excluding hydrogens is 274 g/mol. The highest BCUT2D eigenvalue weighted by molar-refractivity contribution is 6.30. The third-order valence-electron chi connectivity index (χ3n) is 3.30. The summed E-state index contributed by atoms with van der Waals surface area (Å²) in [6, 6.07) is 7.86. The zero-order chi connectivity index (χ0) is 15.0. The van der Waals surface area contributed by atoms with Gasteiger partial charge in [0.05, 0.1) is 12.5 Å². The smallest absolute Gasteiger partial charge is 0.138 e. The molecule has 0 aliphatic carbocycles. The third-order valence-corrected chi connectivity index (χ3v) is 3.56. The highest BCUT2D eigenvalue weighted by atomic mass is 35.5. The summed E-state index contributed by atoms with van der Waals surface area (Å²) in [5.74, 6) is 0.0617. The Bertz CT molecular complexity index is 399. The summed E-state index contributed by atoms with van der Waals surface area (Å²) >= 11 is 5.86. The second-order valence-corrected chi connectivity index (χ2v) is 5.12. The molecule has 0 radical (unpaired) electrons. The Balaban J connectivity index is 0.000000956. The Morgan fingerprint density at radius 2 is 2.05 bits per heavy atom. The van der Waals surface area contributed by atoms with Crippen LogP contribution in [0.5, 0.6) is 0 Å². The lowest BCUT2D eigenvalue weighted by atomic mass is 9.95. The first-order chi connectivity index (χ1) is 9.66. The number of halogens is 1. The Morgan fingerprint density at radius 1 is 1.40 bits per heavy atom. The van der Waals surface area contributed by atoms with Gasteiger partial charge < -0.3 is 10.1 Å². The van der Waals surface area contributed by atoms with Gasteiger partial charge in [-0.1, -0.05) is 37.6 Å². The number of benzene rings is 1. The van der Waals surface area contributed by atoms with E-state index in [-0.39, 0.29) is 11.7 Å². The molecular formula is C16H24ClNO2. The van der Waals surface area contributed by atoms with Crippen molar-refractivity contribution in [3.05, 3.63) is 34.9 Å². The summed E-state index contributed by atoms with van der Waals surface area (Å²) in [4.78, 5) is 11.7. The van der Waals surface area contributed by atoms with E-state index in [0.29, 0.717) is 17.6 Å². The third kappa shape index (κ3) is 5.23. The Labute approximate surface area is 126 Å². The normalized spacial score (nSPS) is 19.1. The van der Waals surface area contributed by atoms with Crippen LogP contribution in [0.2, 0.25) is 5.02 Å². The van der Waals surface area contributed by atoms with Crippen LogP contribution in [0.15, 0.2) is 24.3 Å². The van der Waals surface area contributed by atoms with E-state index in [9.17, 15) is 4.79 Å². The number of hydrogen-bond donors (Lipinski definition) is 1. The topological polar surface area (TPSA) is 38.3 Å². The minimum absolute atomic E-state index is 0.108. The Morgan fingerprint density at radius 3 is 2.55 bits per heavy atom. The quantitative estimate of drug-likeness (QED) is 0.905. The summed E-state index contributed by atoms with van der Waals surface area (Å²) in [5, 5.41) is 4.09. The van der Waals surface area contributed by atoms with Gasteiger partial charge in [0.2, 0.25) is 0 Å². The molecule has 3 nitrogen and oxygen atoms in total. The van der Waals surface area contributed by atoms with E-state index in [1.165, 1.54) is 0 Å². The summed E-state index contributed by atoms with van der Waals surface area (Å²) < 4.78 is 5.31. The van der Waals surface area contributed by atoms with Crippen LogP contribution in [0.3, 0.4) is 0 Å². The predicted octanol–water partition coefficient (Wildman–Crippen LogP) is 3.42. The van der Waals surface area contributed by atoms with Crippen LogP contribution in [0, 0.1) is 0 Å². The number of hydrogen-bond acceptors (Lipinski definition) is 3. The molecule has 0 spiro atoms. The lowest BCUT2D eigenvalue weighted by Gasteiger charge is -2.18. The molecule has 1 aliphatic rings. The van der Waals surface area contributed by atoms with E-state index in [4.69, 9.17) is 16.3 Å². The molecule has 1 saturated heterocycles. The van der Waals surface area contributed by atoms with Gasteiger partial charge in [-0.2, -0.15) is 0 Å². The first kappa shape index (κ1) is 17.2. The van der Waals surface area contributed by atoms with Crippen molar-refractivity contribution < 1.29 is 9.53 Å².